The number of esters is 2. The van der Waals surface area contributed by atoms with Gasteiger partial charge in [0.2, 0.25) is 0 Å². The van der Waals surface area contributed by atoms with E-state index >= 15 is 0 Å². The van der Waals surface area contributed by atoms with Crippen LogP contribution in [0.2, 0.25) is 0 Å². The minimum atomic E-state index is -0.496. The van der Waals surface area contributed by atoms with Gasteiger partial charge in [0.05, 0.1) is 24.0 Å². The van der Waals surface area contributed by atoms with E-state index in [-0.39, 0.29) is 11.9 Å². The fraction of sp³-hybridized carbons (Fsp3) is 0.913. The van der Waals surface area contributed by atoms with Crippen LogP contribution in [0.5, 0.6) is 0 Å². The van der Waals surface area contributed by atoms with E-state index in [1.54, 1.807) is 0 Å². The number of rotatable bonds is 0. The van der Waals surface area contributed by atoms with E-state index in [1.807, 2.05) is 0 Å². The number of carbonyl (C=O) groups is 2. The summed E-state index contributed by atoms with van der Waals surface area (Å²) in [7, 11) is 0. The van der Waals surface area contributed by atoms with Gasteiger partial charge in [0.1, 0.15) is 0 Å². The topological polar surface area (TPSA) is 52.6 Å². The molecular weight excluding hydrogens is 500 g/mol. The SMILES string of the molecule is O=C1OC(=O)[C@]23[C@H]4[C@@H]5[C@@H]6[C@H]7[C@@H](Br)[C@@H]8[C@@H]9COC[C@@H]9[C@H]7[C@H]4[C@@H]8[C@@H]6[C@]12[C@@H]1C[C@H]3[C@H]5[C@H]1Br. The van der Waals surface area contributed by atoms with Gasteiger partial charge in [-0.3, -0.25) is 9.59 Å². The maximum atomic E-state index is 13.7. The van der Waals surface area contributed by atoms with Crippen LogP contribution in [0, 0.1) is 93.7 Å². The van der Waals surface area contributed by atoms with Crippen molar-refractivity contribution in [3.8, 4) is 0 Å². The number of fused-ring (bicyclic) bond motifs is 1. The first-order valence-electron chi connectivity index (χ1n) is 11.7. The third-order valence-corrected chi connectivity index (χ3v) is 15.6. The summed E-state index contributed by atoms with van der Waals surface area (Å²) in [5.74, 6) is 7.76. The number of halogens is 2. The van der Waals surface area contributed by atoms with Crippen LogP contribution < -0.4 is 0 Å². The predicted molar refractivity (Wildman–Crippen MR) is 106 cm³/mol. The maximum Gasteiger partial charge on any atom is 0.321 e. The van der Waals surface area contributed by atoms with Crippen molar-refractivity contribution in [1.29, 1.82) is 0 Å². The van der Waals surface area contributed by atoms with Gasteiger partial charge in [0, 0.05) is 9.65 Å². The minimum Gasteiger partial charge on any atom is -0.392 e. The van der Waals surface area contributed by atoms with Crippen molar-refractivity contribution >= 4 is 43.8 Å². The van der Waals surface area contributed by atoms with Gasteiger partial charge in [-0.25, -0.2) is 0 Å². The lowest BCUT2D eigenvalue weighted by molar-refractivity contribution is -0.334. The van der Waals surface area contributed by atoms with E-state index in [0.29, 0.717) is 92.5 Å². The Morgan fingerprint density at radius 3 is 2.03 bits per heavy atom. The molecule has 14 aliphatic rings. The summed E-state index contributed by atoms with van der Waals surface area (Å²) >= 11 is 8.35. The highest BCUT2D eigenvalue weighted by Gasteiger charge is 3.00. The molecule has 29 heavy (non-hydrogen) atoms. The molecule has 14 rings (SSSR count). The monoisotopic (exact) mass is 520 g/mol. The molecule has 2 saturated heterocycles. The zero-order chi connectivity index (χ0) is 18.9. The standard InChI is InChI=1S/C23H22Br2O4/c24-18-7-1-6-10(18)13-14-15-8-4-2-28-3-5(4)9(19(15)25)12-11(8)16(13)22(6)20(26)29-21(27)23(7,22)17(12)14/h4-19H,1-3H2/t4-,5+,6-,7+,8-,9+,10+,11-,12+,13-,14+,15-,16+,17-,18-,19-,22-,23+/m0/s1. The van der Waals surface area contributed by atoms with Crippen LogP contribution in [0.4, 0.5) is 0 Å². The summed E-state index contributed by atoms with van der Waals surface area (Å²) in [5.41, 5.74) is -0.945. The Balaban J connectivity index is 1.34. The summed E-state index contributed by atoms with van der Waals surface area (Å²) in [6.45, 7) is 1.84. The van der Waals surface area contributed by atoms with Gasteiger partial charge in [-0.2, -0.15) is 0 Å². The molecule has 0 aromatic rings. The molecule has 0 unspecified atom stereocenters. The van der Waals surface area contributed by atoms with Crippen LogP contribution in [-0.4, -0.2) is 34.8 Å². The molecule has 12 bridgehead atoms. The van der Waals surface area contributed by atoms with Gasteiger partial charge in [-0.15, -0.1) is 0 Å². The summed E-state index contributed by atoms with van der Waals surface area (Å²) in [6.07, 6.45) is 1.09. The first-order valence-corrected chi connectivity index (χ1v) is 13.5. The minimum absolute atomic E-state index is 0.0942. The van der Waals surface area contributed by atoms with E-state index < -0.39 is 10.8 Å². The summed E-state index contributed by atoms with van der Waals surface area (Å²) < 4.78 is 11.8. The Morgan fingerprint density at radius 2 is 1.28 bits per heavy atom. The van der Waals surface area contributed by atoms with Crippen molar-refractivity contribution in [2.75, 3.05) is 13.2 Å². The van der Waals surface area contributed by atoms with Crippen LogP contribution in [0.1, 0.15) is 6.42 Å². The second kappa shape index (κ2) is 4.07. The van der Waals surface area contributed by atoms with Crippen molar-refractivity contribution < 1.29 is 19.1 Å². The van der Waals surface area contributed by atoms with Crippen LogP contribution >= 0.6 is 31.9 Å². The fourth-order valence-corrected chi connectivity index (χ4v) is 16.6. The zero-order valence-electron chi connectivity index (χ0n) is 15.7. The Labute approximate surface area is 185 Å². The van der Waals surface area contributed by atoms with Gasteiger partial charge < -0.3 is 9.47 Å². The smallest absolute Gasteiger partial charge is 0.321 e. The fourth-order valence-electron chi connectivity index (χ4n) is 13.8. The lowest BCUT2D eigenvalue weighted by atomic mass is 9.22. The van der Waals surface area contributed by atoms with Gasteiger partial charge >= 0.3 is 11.9 Å². The highest BCUT2D eigenvalue weighted by atomic mass is 79.9. The van der Waals surface area contributed by atoms with E-state index in [1.165, 1.54) is 0 Å². The first kappa shape index (κ1) is 15.8. The Kier molecular flexibility index (Phi) is 2.22. The highest BCUT2D eigenvalue weighted by molar-refractivity contribution is 9.09. The van der Waals surface area contributed by atoms with Crippen LogP contribution in [0.3, 0.4) is 0 Å². The maximum absolute atomic E-state index is 13.7. The number of hydrogen-bond acceptors (Lipinski definition) is 4. The molecule has 6 heteroatoms. The molecule has 2 heterocycles. The van der Waals surface area contributed by atoms with Gasteiger partial charge in [0.15, 0.2) is 0 Å². The molecule has 2 aliphatic heterocycles. The van der Waals surface area contributed by atoms with Gasteiger partial charge in [0.25, 0.3) is 0 Å². The molecule has 0 N–H and O–H groups in total. The summed E-state index contributed by atoms with van der Waals surface area (Å²) in [6, 6.07) is 0. The van der Waals surface area contributed by atoms with Crippen LogP contribution in [0.15, 0.2) is 0 Å². The molecule has 14 fully saturated rings. The molecule has 12 saturated carbocycles. The third-order valence-electron chi connectivity index (χ3n) is 13.2. The first-order chi connectivity index (χ1) is 14.1. The van der Waals surface area contributed by atoms with Gasteiger partial charge in [-0.05, 0) is 89.3 Å². The Bertz CT molecular complexity index is 984. The van der Waals surface area contributed by atoms with E-state index in [4.69, 9.17) is 9.47 Å². The average molecular weight is 522 g/mol. The van der Waals surface area contributed by atoms with Crippen molar-refractivity contribution in [3.63, 3.8) is 0 Å². The number of hydrogen-bond donors (Lipinski definition) is 0. The molecule has 12 aliphatic carbocycles. The van der Waals surface area contributed by atoms with E-state index in [0.717, 1.165) is 19.6 Å². The summed E-state index contributed by atoms with van der Waals surface area (Å²) in [4.78, 5) is 28.3. The van der Waals surface area contributed by atoms with E-state index in [2.05, 4.69) is 31.9 Å². The lowest BCUT2D eigenvalue weighted by Gasteiger charge is -2.81. The number of ether oxygens (including phenoxy) is 2. The average Bonchev–Trinajstić information content (AvgIpc) is 3.44. The predicted octanol–water partition coefficient (Wildman–Crippen LogP) is 2.73. The molecule has 0 radical (unpaired) electrons. The molecule has 1 spiro atoms. The molecule has 0 aromatic carbocycles. The lowest BCUT2D eigenvalue weighted by Crippen LogP contribution is -2.82. The number of cyclic esters (lactones) is 2. The molecule has 0 amide bonds. The molecule has 18 atom stereocenters. The van der Waals surface area contributed by atoms with Crippen molar-refractivity contribution in [1.82, 2.24) is 0 Å². The highest BCUT2D eigenvalue weighted by Crippen LogP contribution is 2.97. The quantitative estimate of drug-likeness (QED) is 0.279. The summed E-state index contributed by atoms with van der Waals surface area (Å²) in [5, 5.41) is 0. The zero-order valence-corrected chi connectivity index (χ0v) is 18.9. The second-order valence-corrected chi connectivity index (χ2v) is 14.4. The van der Waals surface area contributed by atoms with Crippen LogP contribution in [-0.2, 0) is 19.1 Å². The molecular formula is C23H22Br2O4. The normalized spacial score (nSPS) is 79.5. The third kappa shape index (κ3) is 1.04. The van der Waals surface area contributed by atoms with Crippen molar-refractivity contribution in [2.45, 2.75) is 16.1 Å². The van der Waals surface area contributed by atoms with Crippen molar-refractivity contribution in [3.05, 3.63) is 0 Å². The molecule has 4 nitrogen and oxygen atoms in total. The Hall–Kier alpha value is 0.0600. The van der Waals surface area contributed by atoms with E-state index in [9.17, 15) is 9.59 Å². The van der Waals surface area contributed by atoms with Crippen molar-refractivity contribution in [2.24, 2.45) is 93.7 Å². The van der Waals surface area contributed by atoms with Crippen LogP contribution in [0.25, 0.3) is 0 Å². The molecule has 0 aromatic heterocycles. The largest absolute Gasteiger partial charge is 0.392 e. The number of carbonyl (C=O) groups excluding carboxylic acids is 2. The second-order valence-electron chi connectivity index (χ2n) is 12.3. The Morgan fingerprint density at radius 1 is 0.690 bits per heavy atom. The molecule has 152 valence electrons. The van der Waals surface area contributed by atoms with Gasteiger partial charge in [-0.1, -0.05) is 31.9 Å². The number of alkyl halides is 2.